The van der Waals surface area contributed by atoms with Crippen LogP contribution in [0.3, 0.4) is 0 Å². The number of esters is 1. The Hall–Kier alpha value is -2.44. The number of benzene rings is 1. The molecule has 1 amide bonds. The number of thiophene rings is 1. The summed E-state index contributed by atoms with van der Waals surface area (Å²) in [6.07, 6.45) is 1.68. The lowest BCUT2D eigenvalue weighted by Gasteiger charge is -2.06. The zero-order valence-electron chi connectivity index (χ0n) is 13.5. The highest BCUT2D eigenvalue weighted by atomic mass is 32.1. The van der Waals surface area contributed by atoms with Gasteiger partial charge in [-0.1, -0.05) is 36.4 Å². The molecule has 0 fully saturated rings. The van der Waals surface area contributed by atoms with Crippen LogP contribution in [0.25, 0.3) is 10.4 Å². The van der Waals surface area contributed by atoms with Crippen molar-refractivity contribution < 1.29 is 14.3 Å². The van der Waals surface area contributed by atoms with Gasteiger partial charge in [-0.05, 0) is 18.6 Å². The van der Waals surface area contributed by atoms with E-state index in [1.165, 1.54) is 11.3 Å². The summed E-state index contributed by atoms with van der Waals surface area (Å²) in [7, 11) is 0. The van der Waals surface area contributed by atoms with Crippen LogP contribution < -0.4 is 10.6 Å². The van der Waals surface area contributed by atoms with Crippen molar-refractivity contribution in [2.45, 2.75) is 6.92 Å². The second-order valence-corrected chi connectivity index (χ2v) is 5.96. The molecule has 0 saturated carbocycles. The summed E-state index contributed by atoms with van der Waals surface area (Å²) >= 11 is 1.35. The van der Waals surface area contributed by atoms with Crippen LogP contribution in [-0.4, -0.2) is 31.6 Å². The van der Waals surface area contributed by atoms with Crippen molar-refractivity contribution in [1.29, 1.82) is 0 Å². The minimum Gasteiger partial charge on any atom is -0.462 e. The largest absolute Gasteiger partial charge is 0.462 e. The van der Waals surface area contributed by atoms with Gasteiger partial charge in [0.1, 0.15) is 5.00 Å². The molecule has 1 aromatic carbocycles. The van der Waals surface area contributed by atoms with Gasteiger partial charge in [0.25, 0.3) is 0 Å². The molecule has 2 N–H and O–H groups in total. The Bertz CT molecular complexity index is 710. The lowest BCUT2D eigenvalue weighted by Crippen LogP contribution is -2.28. The Morgan fingerprint density at radius 2 is 2.04 bits per heavy atom. The number of nitrogens with one attached hydrogen (secondary N) is 2. The summed E-state index contributed by atoms with van der Waals surface area (Å²) in [6.45, 7) is 6.30. The van der Waals surface area contributed by atoms with Gasteiger partial charge < -0.3 is 15.4 Å². The Morgan fingerprint density at radius 1 is 1.29 bits per heavy atom. The van der Waals surface area contributed by atoms with Crippen LogP contribution in [0.4, 0.5) is 5.00 Å². The van der Waals surface area contributed by atoms with Crippen molar-refractivity contribution in [3.63, 3.8) is 0 Å². The van der Waals surface area contributed by atoms with E-state index in [-0.39, 0.29) is 19.1 Å². The van der Waals surface area contributed by atoms with Crippen molar-refractivity contribution in [2.24, 2.45) is 0 Å². The number of hydrogen-bond donors (Lipinski definition) is 2. The normalized spacial score (nSPS) is 10.2. The smallest absolute Gasteiger partial charge is 0.341 e. The highest BCUT2D eigenvalue weighted by Gasteiger charge is 2.19. The van der Waals surface area contributed by atoms with Crippen LogP contribution >= 0.6 is 11.3 Å². The van der Waals surface area contributed by atoms with Gasteiger partial charge in [0.2, 0.25) is 5.91 Å². The maximum atomic E-state index is 12.2. The molecule has 0 aliphatic heterocycles. The molecule has 0 aliphatic carbocycles. The number of hydrogen-bond acceptors (Lipinski definition) is 5. The quantitative estimate of drug-likeness (QED) is 0.438. The third-order valence-corrected chi connectivity index (χ3v) is 4.21. The summed E-state index contributed by atoms with van der Waals surface area (Å²) in [5.74, 6) is -0.658. The van der Waals surface area contributed by atoms with E-state index in [0.29, 0.717) is 17.1 Å². The number of rotatable bonds is 8. The van der Waals surface area contributed by atoms with Gasteiger partial charge in [-0.2, -0.15) is 0 Å². The molecule has 126 valence electrons. The molecular weight excluding hydrogens is 324 g/mol. The fourth-order valence-electron chi connectivity index (χ4n) is 2.05. The fourth-order valence-corrected chi connectivity index (χ4v) is 3.12. The first-order chi connectivity index (χ1) is 11.7. The van der Waals surface area contributed by atoms with Gasteiger partial charge in [0.05, 0.1) is 18.7 Å². The molecule has 2 rings (SSSR count). The van der Waals surface area contributed by atoms with Crippen LogP contribution in [-0.2, 0) is 9.53 Å². The van der Waals surface area contributed by atoms with Crippen LogP contribution in [0.1, 0.15) is 17.3 Å². The number of carbonyl (C=O) groups is 2. The fraction of sp³-hybridized carbons (Fsp3) is 0.222. The number of amides is 1. The minimum atomic E-state index is -0.440. The second-order valence-electron chi connectivity index (χ2n) is 4.91. The predicted molar refractivity (Wildman–Crippen MR) is 97.4 cm³/mol. The van der Waals surface area contributed by atoms with Gasteiger partial charge in [-0.25, -0.2) is 4.79 Å². The highest BCUT2D eigenvalue weighted by molar-refractivity contribution is 7.20. The summed E-state index contributed by atoms with van der Waals surface area (Å²) < 4.78 is 5.09. The van der Waals surface area contributed by atoms with Gasteiger partial charge >= 0.3 is 5.97 Å². The Balaban J connectivity index is 2.23. The van der Waals surface area contributed by atoms with Gasteiger partial charge in [-0.15, -0.1) is 17.9 Å². The molecule has 0 unspecified atom stereocenters. The van der Waals surface area contributed by atoms with E-state index >= 15 is 0 Å². The molecule has 2 aromatic rings. The average Bonchev–Trinajstić information content (AvgIpc) is 3.00. The monoisotopic (exact) mass is 344 g/mol. The summed E-state index contributed by atoms with van der Waals surface area (Å²) in [5.41, 5.74) is 1.36. The Morgan fingerprint density at radius 3 is 2.71 bits per heavy atom. The van der Waals surface area contributed by atoms with Crippen LogP contribution in [0.2, 0.25) is 0 Å². The molecule has 1 aromatic heterocycles. The van der Waals surface area contributed by atoms with Crippen LogP contribution in [0, 0.1) is 0 Å². The van der Waals surface area contributed by atoms with E-state index in [9.17, 15) is 9.59 Å². The van der Waals surface area contributed by atoms with Gasteiger partial charge in [0, 0.05) is 11.4 Å². The third kappa shape index (κ3) is 4.78. The molecule has 5 nitrogen and oxygen atoms in total. The van der Waals surface area contributed by atoms with Crippen molar-refractivity contribution >= 4 is 28.2 Å². The van der Waals surface area contributed by atoms with Gasteiger partial charge in [0.15, 0.2) is 0 Å². The topological polar surface area (TPSA) is 67.4 Å². The predicted octanol–water partition coefficient (Wildman–Crippen LogP) is 3.31. The molecule has 6 heteroatoms. The van der Waals surface area contributed by atoms with E-state index < -0.39 is 5.97 Å². The van der Waals surface area contributed by atoms with E-state index in [1.54, 1.807) is 19.1 Å². The molecule has 0 aliphatic rings. The standard InChI is InChI=1S/C18H20N2O3S/c1-3-10-19-12-16(21)20-17-14(18(22)23-4-2)11-15(24-17)13-8-6-5-7-9-13/h3,5-9,11,19H,1,4,10,12H2,2H3,(H,20,21). The first-order valence-corrected chi connectivity index (χ1v) is 8.45. The zero-order valence-corrected chi connectivity index (χ0v) is 14.3. The minimum absolute atomic E-state index is 0.146. The highest BCUT2D eigenvalue weighted by Crippen LogP contribution is 2.35. The Labute approximate surface area is 145 Å². The van der Waals surface area contributed by atoms with E-state index in [0.717, 1.165) is 10.4 Å². The maximum absolute atomic E-state index is 12.2. The molecule has 0 saturated heterocycles. The summed E-state index contributed by atoms with van der Waals surface area (Å²) in [5, 5.41) is 6.20. The van der Waals surface area contributed by atoms with Crippen molar-refractivity contribution in [2.75, 3.05) is 25.0 Å². The summed E-state index contributed by atoms with van der Waals surface area (Å²) in [4.78, 5) is 25.1. The zero-order chi connectivity index (χ0) is 17.4. The van der Waals surface area contributed by atoms with Crippen LogP contribution in [0.5, 0.6) is 0 Å². The summed E-state index contributed by atoms with van der Waals surface area (Å²) in [6, 6.07) is 11.4. The van der Waals surface area contributed by atoms with Crippen molar-refractivity contribution in [3.05, 3.63) is 54.6 Å². The first-order valence-electron chi connectivity index (χ1n) is 7.63. The lowest BCUT2D eigenvalue weighted by molar-refractivity contribution is -0.115. The maximum Gasteiger partial charge on any atom is 0.341 e. The molecule has 0 radical (unpaired) electrons. The second kappa shape index (κ2) is 9.00. The van der Waals surface area contributed by atoms with Gasteiger partial charge in [-0.3, -0.25) is 4.79 Å². The molecule has 1 heterocycles. The molecule has 0 bridgehead atoms. The van der Waals surface area contributed by atoms with E-state index in [4.69, 9.17) is 4.74 Å². The lowest BCUT2D eigenvalue weighted by atomic mass is 10.1. The Kier molecular flexibility index (Phi) is 6.72. The first kappa shape index (κ1) is 17.9. The van der Waals surface area contributed by atoms with E-state index in [2.05, 4.69) is 17.2 Å². The molecule has 0 spiro atoms. The van der Waals surface area contributed by atoms with Crippen molar-refractivity contribution in [3.8, 4) is 10.4 Å². The number of ether oxygens (including phenoxy) is 1. The molecule has 24 heavy (non-hydrogen) atoms. The number of anilines is 1. The third-order valence-electron chi connectivity index (χ3n) is 3.11. The van der Waals surface area contributed by atoms with Crippen molar-refractivity contribution in [1.82, 2.24) is 5.32 Å². The number of carbonyl (C=O) groups excluding carboxylic acids is 2. The van der Waals surface area contributed by atoms with E-state index in [1.807, 2.05) is 30.3 Å². The molecule has 0 atom stereocenters. The average molecular weight is 344 g/mol. The SMILES string of the molecule is C=CCNCC(=O)Nc1sc(-c2ccccc2)cc1C(=O)OCC. The molecular formula is C18H20N2O3S. The van der Waals surface area contributed by atoms with Crippen LogP contribution in [0.15, 0.2) is 49.1 Å².